The maximum absolute atomic E-state index is 13.8. The molecule has 150 valence electrons. The second-order valence-corrected chi connectivity index (χ2v) is 8.37. The number of ether oxygens (including phenoxy) is 1. The molecule has 0 aliphatic carbocycles. The third-order valence-electron chi connectivity index (χ3n) is 4.63. The Kier molecular flexibility index (Phi) is 5.95. The van der Waals surface area contributed by atoms with Gasteiger partial charge in [0.2, 0.25) is 15.9 Å². The number of nitrogens with zero attached hydrogens (tertiary/aromatic N) is 1. The lowest BCUT2D eigenvalue weighted by atomic mass is 9.98. The summed E-state index contributed by atoms with van der Waals surface area (Å²) in [4.78, 5) is 12.2. The smallest absolute Gasteiger partial charge is 0.246 e. The number of hydrogen-bond acceptors (Lipinski definition) is 4. The molecule has 1 aliphatic heterocycles. The summed E-state index contributed by atoms with van der Waals surface area (Å²) in [6, 6.07) is 9.01. The lowest BCUT2D eigenvalue weighted by Crippen LogP contribution is -2.43. The van der Waals surface area contributed by atoms with Crippen molar-refractivity contribution >= 4 is 21.6 Å². The van der Waals surface area contributed by atoms with Crippen LogP contribution in [0.3, 0.4) is 0 Å². The summed E-state index contributed by atoms with van der Waals surface area (Å²) in [7, 11) is -2.76. The summed E-state index contributed by atoms with van der Waals surface area (Å²) in [6.07, 6.45) is 0.915. The van der Waals surface area contributed by atoms with Crippen molar-refractivity contribution in [2.75, 3.05) is 25.5 Å². The Labute approximate surface area is 162 Å². The highest BCUT2D eigenvalue weighted by atomic mass is 32.2. The van der Waals surface area contributed by atoms with Gasteiger partial charge in [0.1, 0.15) is 22.3 Å². The summed E-state index contributed by atoms with van der Waals surface area (Å²) >= 11 is 0. The molecule has 0 spiro atoms. The van der Waals surface area contributed by atoms with E-state index in [1.165, 1.54) is 31.4 Å². The van der Waals surface area contributed by atoms with Crippen LogP contribution in [0.25, 0.3) is 0 Å². The van der Waals surface area contributed by atoms with Gasteiger partial charge in [0.15, 0.2) is 0 Å². The molecule has 0 unspecified atom stereocenters. The molecule has 1 fully saturated rings. The van der Waals surface area contributed by atoms with Crippen molar-refractivity contribution in [1.82, 2.24) is 4.31 Å². The molecule has 1 amide bonds. The molecule has 28 heavy (non-hydrogen) atoms. The van der Waals surface area contributed by atoms with E-state index in [9.17, 15) is 22.0 Å². The predicted octanol–water partition coefficient (Wildman–Crippen LogP) is 3.01. The third-order valence-corrected chi connectivity index (χ3v) is 6.52. The first-order chi connectivity index (χ1) is 13.3. The van der Waals surface area contributed by atoms with Crippen molar-refractivity contribution in [3.8, 4) is 5.75 Å². The summed E-state index contributed by atoms with van der Waals surface area (Å²) < 4.78 is 59.5. The lowest BCUT2D eigenvalue weighted by molar-refractivity contribution is -0.120. The molecule has 3 rings (SSSR count). The number of piperidine rings is 1. The van der Waals surface area contributed by atoms with Gasteiger partial charge in [-0.3, -0.25) is 4.79 Å². The molecule has 0 radical (unpaired) electrons. The predicted molar refractivity (Wildman–Crippen MR) is 99.5 cm³/mol. The number of sulfonamides is 1. The third kappa shape index (κ3) is 4.15. The number of rotatable bonds is 5. The van der Waals surface area contributed by atoms with E-state index in [0.29, 0.717) is 12.8 Å². The van der Waals surface area contributed by atoms with E-state index < -0.39 is 33.5 Å². The molecule has 0 saturated carbocycles. The number of carbonyl (C=O) groups is 1. The van der Waals surface area contributed by atoms with E-state index in [1.54, 1.807) is 6.07 Å². The molecule has 1 saturated heterocycles. The first kappa shape index (κ1) is 20.2. The maximum atomic E-state index is 13.8. The highest BCUT2D eigenvalue weighted by molar-refractivity contribution is 7.89. The number of benzene rings is 2. The number of halogens is 2. The summed E-state index contributed by atoms with van der Waals surface area (Å²) in [5.41, 5.74) is 0.0410. The van der Waals surface area contributed by atoms with Gasteiger partial charge in [0, 0.05) is 13.1 Å². The van der Waals surface area contributed by atoms with E-state index >= 15 is 0 Å². The van der Waals surface area contributed by atoms with Crippen LogP contribution in [0.2, 0.25) is 0 Å². The van der Waals surface area contributed by atoms with E-state index in [4.69, 9.17) is 4.74 Å². The van der Waals surface area contributed by atoms with Gasteiger partial charge < -0.3 is 10.1 Å². The molecule has 2 aromatic carbocycles. The second-order valence-electron chi connectivity index (χ2n) is 6.47. The normalized spacial score (nSPS) is 17.9. The highest BCUT2D eigenvalue weighted by Crippen LogP contribution is 2.30. The fraction of sp³-hybridized carbons (Fsp3) is 0.316. The van der Waals surface area contributed by atoms with E-state index in [2.05, 4.69) is 5.32 Å². The largest absolute Gasteiger partial charge is 0.495 e. The van der Waals surface area contributed by atoms with Crippen molar-refractivity contribution < 1.29 is 26.7 Å². The van der Waals surface area contributed by atoms with E-state index in [-0.39, 0.29) is 29.4 Å². The fourth-order valence-electron chi connectivity index (χ4n) is 3.16. The summed E-state index contributed by atoms with van der Waals surface area (Å²) in [5, 5.41) is 2.50. The van der Waals surface area contributed by atoms with Gasteiger partial charge in [0.25, 0.3) is 0 Å². The first-order valence-electron chi connectivity index (χ1n) is 8.72. The molecule has 0 bridgehead atoms. The first-order valence-corrected chi connectivity index (χ1v) is 10.2. The van der Waals surface area contributed by atoms with Gasteiger partial charge in [-0.15, -0.1) is 0 Å². The standard InChI is InChI=1S/C19H20F2N2O4S/c1-27-17-9-8-14(20)11-18(17)28(25,26)23-10-4-5-13(12-23)19(24)22-16-7-3-2-6-15(16)21/h2-3,6-9,11,13H,4-5,10,12H2,1H3,(H,22,24)/t13-/m1/s1. The molecular weight excluding hydrogens is 390 g/mol. The zero-order chi connectivity index (χ0) is 20.3. The Balaban J connectivity index is 1.80. The second kappa shape index (κ2) is 8.24. The van der Waals surface area contributed by atoms with Crippen LogP contribution in [0.5, 0.6) is 5.75 Å². The number of methoxy groups -OCH3 is 1. The van der Waals surface area contributed by atoms with Crippen LogP contribution in [0.15, 0.2) is 47.4 Å². The van der Waals surface area contributed by atoms with Gasteiger partial charge in [-0.2, -0.15) is 4.31 Å². The van der Waals surface area contributed by atoms with Gasteiger partial charge in [-0.05, 0) is 43.2 Å². The van der Waals surface area contributed by atoms with Crippen molar-refractivity contribution in [2.45, 2.75) is 17.7 Å². The Morgan fingerprint density at radius 3 is 2.68 bits per heavy atom. The SMILES string of the molecule is COc1ccc(F)cc1S(=O)(=O)N1CCC[C@@H](C(=O)Nc2ccccc2F)C1. The number of amides is 1. The minimum atomic E-state index is -4.06. The molecule has 2 aromatic rings. The molecular formula is C19H20F2N2O4S. The van der Waals surface area contributed by atoms with Gasteiger partial charge in [0.05, 0.1) is 18.7 Å². The fourth-order valence-corrected chi connectivity index (χ4v) is 4.85. The number of para-hydroxylation sites is 1. The molecule has 1 N–H and O–H groups in total. The molecule has 0 aromatic heterocycles. The summed E-state index contributed by atoms with van der Waals surface area (Å²) in [5.74, 6) is -2.36. The van der Waals surface area contributed by atoms with Crippen molar-refractivity contribution in [3.63, 3.8) is 0 Å². The zero-order valence-corrected chi connectivity index (χ0v) is 16.0. The minimum absolute atomic E-state index is 0.0272. The Morgan fingerprint density at radius 1 is 1.21 bits per heavy atom. The lowest BCUT2D eigenvalue weighted by Gasteiger charge is -2.31. The number of anilines is 1. The van der Waals surface area contributed by atoms with Crippen molar-refractivity contribution in [1.29, 1.82) is 0 Å². The molecule has 1 heterocycles. The zero-order valence-electron chi connectivity index (χ0n) is 15.2. The number of hydrogen-bond donors (Lipinski definition) is 1. The van der Waals surface area contributed by atoms with Crippen molar-refractivity contribution in [3.05, 3.63) is 54.1 Å². The molecule has 6 nitrogen and oxygen atoms in total. The average Bonchev–Trinajstić information content (AvgIpc) is 2.69. The van der Waals surface area contributed by atoms with Gasteiger partial charge in [-0.1, -0.05) is 12.1 Å². The van der Waals surface area contributed by atoms with Gasteiger partial charge in [-0.25, -0.2) is 17.2 Å². The average molecular weight is 410 g/mol. The highest BCUT2D eigenvalue weighted by Gasteiger charge is 2.35. The van der Waals surface area contributed by atoms with Crippen molar-refractivity contribution in [2.24, 2.45) is 5.92 Å². The molecule has 1 aliphatic rings. The van der Waals surface area contributed by atoms with Crippen LogP contribution in [-0.2, 0) is 14.8 Å². The van der Waals surface area contributed by atoms with Crippen LogP contribution in [-0.4, -0.2) is 38.8 Å². The van der Waals surface area contributed by atoms with Crippen LogP contribution in [0, 0.1) is 17.6 Å². The van der Waals surface area contributed by atoms with Crippen LogP contribution >= 0.6 is 0 Å². The quantitative estimate of drug-likeness (QED) is 0.822. The van der Waals surface area contributed by atoms with E-state index in [0.717, 1.165) is 16.4 Å². The maximum Gasteiger partial charge on any atom is 0.246 e. The minimum Gasteiger partial charge on any atom is -0.495 e. The number of nitrogens with one attached hydrogen (secondary N) is 1. The van der Waals surface area contributed by atoms with Crippen LogP contribution in [0.4, 0.5) is 14.5 Å². The topological polar surface area (TPSA) is 75.7 Å². The van der Waals surface area contributed by atoms with Gasteiger partial charge >= 0.3 is 0 Å². The van der Waals surface area contributed by atoms with Crippen LogP contribution in [0.1, 0.15) is 12.8 Å². The Hall–Kier alpha value is -2.52. The summed E-state index contributed by atoms with van der Waals surface area (Å²) in [6.45, 7) is 0.119. The molecule has 1 atom stereocenters. The Bertz CT molecular complexity index is 982. The van der Waals surface area contributed by atoms with E-state index in [1.807, 2.05) is 0 Å². The number of carbonyl (C=O) groups excluding carboxylic acids is 1. The molecule has 9 heteroatoms. The Morgan fingerprint density at radius 2 is 1.96 bits per heavy atom. The van der Waals surface area contributed by atoms with Crippen LogP contribution < -0.4 is 10.1 Å². The monoisotopic (exact) mass is 410 g/mol.